The molecule has 0 spiro atoms. The van der Waals surface area contributed by atoms with E-state index in [1.54, 1.807) is 32.4 Å². The van der Waals surface area contributed by atoms with Gasteiger partial charge in [-0.1, -0.05) is 0 Å². The Morgan fingerprint density at radius 3 is 2.79 bits per heavy atom. The molecule has 0 aliphatic heterocycles. The van der Waals surface area contributed by atoms with Gasteiger partial charge >= 0.3 is 6.18 Å². The molecule has 29 heavy (non-hydrogen) atoms. The number of pyridine rings is 1. The van der Waals surface area contributed by atoms with Gasteiger partial charge in [-0.05, 0) is 30.6 Å². The third-order valence-corrected chi connectivity index (χ3v) is 4.83. The number of carbonyl (C=O) groups excluding carboxylic acids is 1. The Morgan fingerprint density at radius 1 is 1.38 bits per heavy atom. The van der Waals surface area contributed by atoms with Gasteiger partial charge in [-0.2, -0.15) is 22.6 Å². The average molecular weight is 426 g/mol. The third-order valence-electron chi connectivity index (χ3n) is 3.93. The minimum atomic E-state index is -4.62. The van der Waals surface area contributed by atoms with Crippen molar-refractivity contribution < 1.29 is 22.7 Å². The maximum atomic E-state index is 12.8. The number of nitrogens with one attached hydrogen (secondary N) is 1. The molecule has 0 saturated heterocycles. The highest BCUT2D eigenvalue weighted by Crippen LogP contribution is 2.28. The molecule has 3 rings (SSSR count). The van der Waals surface area contributed by atoms with E-state index in [4.69, 9.17) is 4.74 Å². The number of ether oxygens (including phenoxy) is 1. The molecule has 154 valence electrons. The summed E-state index contributed by atoms with van der Waals surface area (Å²) in [6.45, 7) is 2.02. The van der Waals surface area contributed by atoms with Crippen LogP contribution in [0, 0.1) is 0 Å². The van der Waals surface area contributed by atoms with Crippen LogP contribution in [0.15, 0.2) is 24.4 Å². The van der Waals surface area contributed by atoms with Crippen molar-refractivity contribution in [1.82, 2.24) is 29.4 Å². The van der Waals surface area contributed by atoms with Crippen LogP contribution in [0.3, 0.4) is 0 Å². The van der Waals surface area contributed by atoms with Crippen LogP contribution in [0.5, 0.6) is 0 Å². The van der Waals surface area contributed by atoms with E-state index >= 15 is 0 Å². The summed E-state index contributed by atoms with van der Waals surface area (Å²) in [6, 6.07) is 3.70. The number of hydrogen-bond donors (Lipinski definition) is 1. The molecule has 0 fully saturated rings. The van der Waals surface area contributed by atoms with Crippen LogP contribution >= 0.6 is 11.5 Å². The summed E-state index contributed by atoms with van der Waals surface area (Å²) in [6.07, 6.45) is -3.00. The molecule has 0 saturated carbocycles. The minimum absolute atomic E-state index is 0.202. The van der Waals surface area contributed by atoms with Crippen molar-refractivity contribution in [3.05, 3.63) is 46.5 Å². The van der Waals surface area contributed by atoms with Gasteiger partial charge in [0.1, 0.15) is 10.7 Å². The highest BCUT2D eigenvalue weighted by Gasteiger charge is 2.35. The number of hydrogen-bond acceptors (Lipinski definition) is 7. The minimum Gasteiger partial charge on any atom is -0.378 e. The van der Waals surface area contributed by atoms with E-state index < -0.39 is 23.8 Å². The molecule has 1 atom stereocenters. The number of nitrogens with zero attached hydrogens (tertiary/aromatic N) is 5. The van der Waals surface area contributed by atoms with Crippen molar-refractivity contribution in [2.45, 2.75) is 25.7 Å². The molecule has 3 aromatic heterocycles. The Morgan fingerprint density at radius 2 is 2.14 bits per heavy atom. The summed E-state index contributed by atoms with van der Waals surface area (Å²) in [5.74, 6) is -0.225. The normalized spacial score (nSPS) is 12.8. The molecular weight excluding hydrogens is 409 g/mol. The van der Waals surface area contributed by atoms with E-state index in [1.807, 2.05) is 0 Å². The zero-order valence-electron chi connectivity index (χ0n) is 15.7. The third kappa shape index (κ3) is 4.77. The van der Waals surface area contributed by atoms with E-state index in [2.05, 4.69) is 24.8 Å². The second kappa shape index (κ2) is 8.25. The summed E-state index contributed by atoms with van der Waals surface area (Å²) >= 11 is 1.09. The molecule has 1 amide bonds. The highest BCUT2D eigenvalue weighted by atomic mass is 32.1. The maximum absolute atomic E-state index is 12.8. The number of carbonyl (C=O) groups is 1. The zero-order chi connectivity index (χ0) is 21.2. The van der Waals surface area contributed by atoms with Gasteiger partial charge in [0, 0.05) is 32.0 Å². The predicted octanol–water partition coefficient (Wildman–Crippen LogP) is 2.99. The molecule has 0 bridgehead atoms. The number of halogens is 3. The van der Waals surface area contributed by atoms with E-state index in [9.17, 15) is 18.0 Å². The summed E-state index contributed by atoms with van der Waals surface area (Å²) in [7, 11) is 2.84. The first-order valence-electron chi connectivity index (χ1n) is 8.39. The first-order valence-corrected chi connectivity index (χ1v) is 9.16. The Bertz CT molecular complexity index is 1020. The Kier molecular flexibility index (Phi) is 5.94. The largest absolute Gasteiger partial charge is 0.435 e. The van der Waals surface area contributed by atoms with Crippen LogP contribution in [-0.2, 0) is 24.6 Å². The van der Waals surface area contributed by atoms with Crippen LogP contribution in [0.4, 0.5) is 13.2 Å². The molecule has 0 aliphatic carbocycles. The first-order chi connectivity index (χ1) is 13.7. The van der Waals surface area contributed by atoms with E-state index in [0.29, 0.717) is 23.5 Å². The number of amides is 1. The molecule has 12 heteroatoms. The quantitative estimate of drug-likeness (QED) is 0.651. The second-order valence-corrected chi connectivity index (χ2v) is 6.94. The van der Waals surface area contributed by atoms with E-state index in [0.717, 1.165) is 27.5 Å². The van der Waals surface area contributed by atoms with Crippen molar-refractivity contribution >= 4 is 17.4 Å². The van der Waals surface area contributed by atoms with Crippen molar-refractivity contribution in [3.8, 4) is 11.4 Å². The second-order valence-electron chi connectivity index (χ2n) is 6.16. The van der Waals surface area contributed by atoms with E-state index in [1.165, 1.54) is 7.05 Å². The van der Waals surface area contributed by atoms with E-state index in [-0.39, 0.29) is 5.69 Å². The van der Waals surface area contributed by atoms with Crippen LogP contribution in [0.2, 0.25) is 0 Å². The molecule has 1 N–H and O–H groups in total. The van der Waals surface area contributed by atoms with Crippen LogP contribution in [0.1, 0.15) is 39.8 Å². The molecule has 0 aliphatic rings. The number of aromatic nitrogens is 5. The molecule has 8 nitrogen and oxygen atoms in total. The Balaban J connectivity index is 1.74. The summed E-state index contributed by atoms with van der Waals surface area (Å²) in [4.78, 5) is 21.0. The smallest absolute Gasteiger partial charge is 0.378 e. The SMILES string of the molecule is COCc1cc(-c2nsc(C(C)NC(=O)c3cc(C(F)(F)F)nn3C)n2)ccn1. The lowest BCUT2D eigenvalue weighted by Gasteiger charge is -2.10. The fraction of sp³-hybridized carbons (Fsp3) is 0.353. The summed E-state index contributed by atoms with van der Waals surface area (Å²) in [5, 5.41) is 6.47. The molecule has 1 unspecified atom stereocenters. The van der Waals surface area contributed by atoms with Gasteiger partial charge in [-0.25, -0.2) is 4.98 Å². The number of aryl methyl sites for hydroxylation is 1. The van der Waals surface area contributed by atoms with Crippen LogP contribution < -0.4 is 5.32 Å². The van der Waals surface area contributed by atoms with Gasteiger partial charge in [0.2, 0.25) is 0 Å². The first kappa shape index (κ1) is 20.9. The van der Waals surface area contributed by atoms with Crippen molar-refractivity contribution in [2.75, 3.05) is 7.11 Å². The van der Waals surface area contributed by atoms with Crippen LogP contribution in [-0.4, -0.2) is 37.1 Å². The molecule has 0 radical (unpaired) electrons. The monoisotopic (exact) mass is 426 g/mol. The van der Waals surface area contributed by atoms with Gasteiger partial charge in [-0.3, -0.25) is 14.5 Å². The van der Waals surface area contributed by atoms with Gasteiger partial charge < -0.3 is 10.1 Å². The topological polar surface area (TPSA) is 94.8 Å². The highest BCUT2D eigenvalue weighted by molar-refractivity contribution is 7.05. The summed E-state index contributed by atoms with van der Waals surface area (Å²) in [5.41, 5.74) is 0.140. The predicted molar refractivity (Wildman–Crippen MR) is 97.9 cm³/mol. The van der Waals surface area contributed by atoms with Crippen molar-refractivity contribution in [3.63, 3.8) is 0 Å². The number of methoxy groups -OCH3 is 1. The maximum Gasteiger partial charge on any atom is 0.435 e. The van der Waals surface area contributed by atoms with Gasteiger partial charge in [0.15, 0.2) is 11.5 Å². The summed E-state index contributed by atoms with van der Waals surface area (Å²) < 4.78 is 48.6. The lowest BCUT2D eigenvalue weighted by molar-refractivity contribution is -0.141. The van der Waals surface area contributed by atoms with Crippen LogP contribution in [0.25, 0.3) is 11.4 Å². The fourth-order valence-electron chi connectivity index (χ4n) is 2.52. The fourth-order valence-corrected chi connectivity index (χ4v) is 3.19. The van der Waals surface area contributed by atoms with Gasteiger partial charge in [-0.15, -0.1) is 0 Å². The lowest BCUT2D eigenvalue weighted by Crippen LogP contribution is -2.28. The Hall–Kier alpha value is -2.86. The lowest BCUT2D eigenvalue weighted by atomic mass is 10.2. The van der Waals surface area contributed by atoms with Crippen molar-refractivity contribution in [2.24, 2.45) is 7.05 Å². The standard InChI is InChI=1S/C17H17F3N6O2S/c1-9(22-15(27)12-7-13(17(18,19)20)24-26(12)2)16-23-14(25-29-16)10-4-5-21-11(6-10)8-28-3/h4-7,9H,8H2,1-3H3,(H,22,27). The number of rotatable bonds is 6. The number of alkyl halides is 3. The molecule has 3 heterocycles. The molecule has 0 aromatic carbocycles. The zero-order valence-corrected chi connectivity index (χ0v) is 16.5. The average Bonchev–Trinajstić information content (AvgIpc) is 3.29. The van der Waals surface area contributed by atoms with Crippen molar-refractivity contribution in [1.29, 1.82) is 0 Å². The van der Waals surface area contributed by atoms with Gasteiger partial charge in [0.05, 0.1) is 18.3 Å². The Labute approximate surface area is 167 Å². The molecular formula is C17H17F3N6O2S. The molecule has 3 aromatic rings. The van der Waals surface area contributed by atoms with Gasteiger partial charge in [0.25, 0.3) is 5.91 Å².